The Labute approximate surface area is 163 Å². The topological polar surface area (TPSA) is 94.3 Å². The zero-order valence-electron chi connectivity index (χ0n) is 15.3. The Hall–Kier alpha value is -2.71. The van der Waals surface area contributed by atoms with E-state index in [9.17, 15) is 8.42 Å². The number of hydrogen-bond donors (Lipinski definition) is 1. The molecular weight excluding hydrogens is 378 g/mol. The number of rotatable bonds is 7. The Balaban J connectivity index is 1.31. The molecule has 0 spiro atoms. The number of sulfonamides is 1. The average Bonchev–Trinajstić information content (AvgIpc) is 3.26. The number of nitrogens with one attached hydrogen (secondary N) is 1. The van der Waals surface area contributed by atoms with Gasteiger partial charge in [0.25, 0.3) is 0 Å². The number of benzene rings is 1. The zero-order valence-corrected chi connectivity index (χ0v) is 16.1. The lowest BCUT2D eigenvalue weighted by Crippen LogP contribution is -2.28. The molecule has 2 heterocycles. The van der Waals surface area contributed by atoms with Gasteiger partial charge in [0.05, 0.1) is 11.2 Å². The molecule has 0 saturated heterocycles. The highest BCUT2D eigenvalue weighted by Gasteiger charge is 2.17. The molecule has 0 fully saturated rings. The third kappa shape index (κ3) is 4.23. The van der Waals surface area contributed by atoms with Crippen molar-refractivity contribution in [3.05, 3.63) is 59.9 Å². The first-order chi connectivity index (χ1) is 13.6. The van der Waals surface area contributed by atoms with Crippen LogP contribution in [0.4, 0.5) is 0 Å². The van der Waals surface area contributed by atoms with E-state index in [4.69, 9.17) is 9.15 Å². The summed E-state index contributed by atoms with van der Waals surface area (Å²) in [6.07, 6.45) is 5.80. The number of aromatic nitrogens is 2. The van der Waals surface area contributed by atoms with Crippen LogP contribution in [-0.2, 0) is 22.9 Å². The van der Waals surface area contributed by atoms with Gasteiger partial charge in [-0.2, -0.15) is 0 Å². The molecule has 0 amide bonds. The Kier molecular flexibility index (Phi) is 5.40. The Morgan fingerprint density at radius 1 is 1.04 bits per heavy atom. The first-order valence-corrected chi connectivity index (χ1v) is 10.7. The molecule has 0 saturated carbocycles. The molecule has 1 N–H and O–H groups in total. The normalized spacial score (nSPS) is 13.9. The SMILES string of the molecule is O=S(=O)(NCCOc1ccc(-c2ccco2)nn1)c1ccc2c(c1)CCCC2. The number of furan rings is 1. The number of nitrogens with zero attached hydrogens (tertiary/aromatic N) is 2. The number of fused-ring (bicyclic) bond motifs is 1. The molecule has 0 bridgehead atoms. The molecule has 1 aliphatic rings. The Morgan fingerprint density at radius 2 is 1.89 bits per heavy atom. The molecule has 3 aromatic rings. The Bertz CT molecular complexity index is 1030. The van der Waals surface area contributed by atoms with Gasteiger partial charge in [-0.1, -0.05) is 6.07 Å². The molecule has 0 aliphatic heterocycles. The minimum Gasteiger partial charge on any atom is -0.475 e. The average molecular weight is 399 g/mol. The van der Waals surface area contributed by atoms with Gasteiger partial charge in [-0.25, -0.2) is 13.1 Å². The molecule has 0 radical (unpaired) electrons. The van der Waals surface area contributed by atoms with Crippen LogP contribution in [0.2, 0.25) is 0 Å². The summed E-state index contributed by atoms with van der Waals surface area (Å²) < 4.78 is 38.3. The van der Waals surface area contributed by atoms with Gasteiger partial charge in [-0.3, -0.25) is 0 Å². The maximum atomic E-state index is 12.5. The zero-order chi connectivity index (χ0) is 19.4. The van der Waals surface area contributed by atoms with Crippen molar-refractivity contribution >= 4 is 10.0 Å². The van der Waals surface area contributed by atoms with Crippen molar-refractivity contribution in [1.29, 1.82) is 0 Å². The molecule has 0 unspecified atom stereocenters. The molecule has 2 aromatic heterocycles. The summed E-state index contributed by atoms with van der Waals surface area (Å²) in [4.78, 5) is 0.302. The summed E-state index contributed by atoms with van der Waals surface area (Å²) in [5, 5.41) is 8.00. The fraction of sp³-hybridized carbons (Fsp3) is 0.300. The van der Waals surface area contributed by atoms with Crippen LogP contribution in [0.5, 0.6) is 5.88 Å². The van der Waals surface area contributed by atoms with E-state index in [1.54, 1.807) is 42.7 Å². The highest BCUT2D eigenvalue weighted by atomic mass is 32.2. The van der Waals surface area contributed by atoms with Gasteiger partial charge in [0.2, 0.25) is 15.9 Å². The van der Waals surface area contributed by atoms with Crippen LogP contribution in [0.25, 0.3) is 11.5 Å². The third-order valence-electron chi connectivity index (χ3n) is 4.69. The lowest BCUT2D eigenvalue weighted by molar-refractivity contribution is 0.307. The van der Waals surface area contributed by atoms with Crippen LogP contribution in [0, 0.1) is 0 Å². The summed E-state index contributed by atoms with van der Waals surface area (Å²) in [6, 6.07) is 12.4. The summed E-state index contributed by atoms with van der Waals surface area (Å²) in [7, 11) is -3.56. The highest BCUT2D eigenvalue weighted by Crippen LogP contribution is 2.24. The van der Waals surface area contributed by atoms with E-state index in [-0.39, 0.29) is 13.2 Å². The van der Waals surface area contributed by atoms with Crippen molar-refractivity contribution in [2.45, 2.75) is 30.6 Å². The van der Waals surface area contributed by atoms with Crippen LogP contribution in [-0.4, -0.2) is 31.8 Å². The fourth-order valence-electron chi connectivity index (χ4n) is 3.24. The lowest BCUT2D eigenvalue weighted by atomic mass is 9.92. The molecule has 1 aliphatic carbocycles. The van der Waals surface area contributed by atoms with Crippen molar-refractivity contribution in [3.8, 4) is 17.3 Å². The smallest absolute Gasteiger partial charge is 0.240 e. The van der Waals surface area contributed by atoms with Gasteiger partial charge in [0.15, 0.2) is 5.76 Å². The third-order valence-corrected chi connectivity index (χ3v) is 6.15. The van der Waals surface area contributed by atoms with Gasteiger partial charge in [-0.15, -0.1) is 10.2 Å². The molecule has 0 atom stereocenters. The molecule has 1 aromatic carbocycles. The van der Waals surface area contributed by atoms with Crippen LogP contribution in [0.1, 0.15) is 24.0 Å². The maximum absolute atomic E-state index is 12.5. The summed E-state index contributed by atoms with van der Waals surface area (Å²) in [6.45, 7) is 0.292. The minimum atomic E-state index is -3.56. The monoisotopic (exact) mass is 399 g/mol. The van der Waals surface area contributed by atoms with E-state index in [2.05, 4.69) is 14.9 Å². The predicted molar refractivity (Wildman–Crippen MR) is 104 cm³/mol. The van der Waals surface area contributed by atoms with E-state index < -0.39 is 10.0 Å². The molecule has 146 valence electrons. The van der Waals surface area contributed by atoms with Gasteiger partial charge >= 0.3 is 0 Å². The maximum Gasteiger partial charge on any atom is 0.240 e. The number of aryl methyl sites for hydroxylation is 2. The minimum absolute atomic E-state index is 0.140. The standard InChI is InChI=1S/C20H21N3O4S/c24-28(25,17-8-7-15-4-1-2-5-16(15)14-17)21-11-13-27-20-10-9-18(22-23-20)19-6-3-12-26-19/h3,6-10,12,14,21H,1-2,4-5,11,13H2. The fourth-order valence-corrected chi connectivity index (χ4v) is 4.31. The van der Waals surface area contributed by atoms with Gasteiger partial charge in [-0.05, 0) is 67.1 Å². The van der Waals surface area contributed by atoms with Crippen molar-refractivity contribution in [3.63, 3.8) is 0 Å². The molecule has 8 heteroatoms. The van der Waals surface area contributed by atoms with Crippen molar-refractivity contribution in [2.24, 2.45) is 0 Å². The van der Waals surface area contributed by atoms with Crippen LogP contribution >= 0.6 is 0 Å². The second-order valence-corrected chi connectivity index (χ2v) is 8.38. The lowest BCUT2D eigenvalue weighted by Gasteiger charge is -2.16. The Morgan fingerprint density at radius 3 is 2.64 bits per heavy atom. The number of hydrogen-bond acceptors (Lipinski definition) is 6. The molecule has 7 nitrogen and oxygen atoms in total. The van der Waals surface area contributed by atoms with Gasteiger partial charge in [0, 0.05) is 12.6 Å². The molecule has 4 rings (SSSR count). The first kappa shape index (κ1) is 18.6. The van der Waals surface area contributed by atoms with Crippen molar-refractivity contribution < 1.29 is 17.6 Å². The largest absolute Gasteiger partial charge is 0.475 e. The second kappa shape index (κ2) is 8.12. The van der Waals surface area contributed by atoms with E-state index >= 15 is 0 Å². The summed E-state index contributed by atoms with van der Waals surface area (Å²) >= 11 is 0. The van der Waals surface area contributed by atoms with Gasteiger partial charge in [0.1, 0.15) is 12.3 Å². The predicted octanol–water partition coefficient (Wildman–Crippen LogP) is 2.97. The quantitative estimate of drug-likeness (QED) is 0.614. The van der Waals surface area contributed by atoms with E-state index in [1.165, 1.54) is 12.0 Å². The summed E-state index contributed by atoms with van der Waals surface area (Å²) in [5.74, 6) is 0.945. The van der Waals surface area contributed by atoms with E-state index in [0.29, 0.717) is 22.2 Å². The summed E-state index contributed by atoms with van der Waals surface area (Å²) in [5.41, 5.74) is 2.99. The second-order valence-electron chi connectivity index (χ2n) is 6.62. The number of ether oxygens (including phenoxy) is 1. The van der Waals surface area contributed by atoms with Gasteiger partial charge < -0.3 is 9.15 Å². The highest BCUT2D eigenvalue weighted by molar-refractivity contribution is 7.89. The molecule has 28 heavy (non-hydrogen) atoms. The first-order valence-electron chi connectivity index (χ1n) is 9.24. The van der Waals surface area contributed by atoms with Crippen LogP contribution in [0.15, 0.2) is 58.0 Å². The van der Waals surface area contributed by atoms with Crippen molar-refractivity contribution in [1.82, 2.24) is 14.9 Å². The van der Waals surface area contributed by atoms with Crippen molar-refractivity contribution in [2.75, 3.05) is 13.2 Å². The van der Waals surface area contributed by atoms with E-state index in [0.717, 1.165) is 24.8 Å². The van der Waals surface area contributed by atoms with Crippen LogP contribution < -0.4 is 9.46 Å². The van der Waals surface area contributed by atoms with Crippen LogP contribution in [0.3, 0.4) is 0 Å². The molecular formula is C20H21N3O4S. The van der Waals surface area contributed by atoms with E-state index in [1.807, 2.05) is 6.07 Å².